The lowest BCUT2D eigenvalue weighted by atomic mass is 10.1. The molecule has 0 bridgehead atoms. The lowest BCUT2D eigenvalue weighted by Gasteiger charge is -2.30. The summed E-state index contributed by atoms with van der Waals surface area (Å²) in [5.41, 5.74) is 0.981. The number of methoxy groups -OCH3 is 1. The molecule has 0 radical (unpaired) electrons. The second kappa shape index (κ2) is 9.87. The van der Waals surface area contributed by atoms with Gasteiger partial charge >= 0.3 is 0 Å². The highest BCUT2D eigenvalue weighted by Gasteiger charge is 2.27. The molecule has 0 aromatic heterocycles. The van der Waals surface area contributed by atoms with Crippen LogP contribution in [0.25, 0.3) is 0 Å². The Hall–Kier alpha value is -2.04. The molecule has 0 saturated heterocycles. The molecule has 0 aliphatic rings. The predicted octanol–water partition coefficient (Wildman–Crippen LogP) is 2.74. The van der Waals surface area contributed by atoms with Crippen molar-refractivity contribution in [1.82, 2.24) is 10.2 Å². The number of ether oxygens (including phenoxy) is 1. The molecule has 5 heteroatoms. The smallest absolute Gasteiger partial charge is 0.242 e. The number of benzene rings is 1. The van der Waals surface area contributed by atoms with E-state index in [0.717, 1.165) is 17.7 Å². The number of nitrogens with zero attached hydrogens (tertiary/aromatic N) is 1. The Labute approximate surface area is 139 Å². The van der Waals surface area contributed by atoms with Gasteiger partial charge in [0.2, 0.25) is 11.8 Å². The number of amides is 2. The van der Waals surface area contributed by atoms with Crippen LogP contribution in [-0.4, -0.2) is 36.4 Å². The fraction of sp³-hybridized carbons (Fsp3) is 0.556. The zero-order chi connectivity index (χ0) is 17.2. The minimum absolute atomic E-state index is 0.0145. The molecule has 0 aliphatic heterocycles. The molecule has 1 rings (SSSR count). The molecule has 0 unspecified atom stereocenters. The van der Waals surface area contributed by atoms with Crippen LogP contribution in [0.2, 0.25) is 0 Å². The first-order chi connectivity index (χ1) is 11.1. The Kier molecular flexibility index (Phi) is 8.16. The van der Waals surface area contributed by atoms with E-state index >= 15 is 0 Å². The van der Waals surface area contributed by atoms with Gasteiger partial charge in [0.05, 0.1) is 7.11 Å². The van der Waals surface area contributed by atoms with Gasteiger partial charge in [-0.05, 0) is 30.5 Å². The standard InChI is InChI=1S/C18H28N2O3/c1-5-12-19-18(22)16(6-2)20(17(21)7-3)13-14-8-10-15(23-4)11-9-14/h8-11,16H,5-7,12-13H2,1-4H3,(H,19,22)/t16-/m1/s1. The van der Waals surface area contributed by atoms with E-state index in [2.05, 4.69) is 5.32 Å². The highest BCUT2D eigenvalue weighted by Crippen LogP contribution is 2.16. The van der Waals surface area contributed by atoms with Gasteiger partial charge in [0.25, 0.3) is 0 Å². The van der Waals surface area contributed by atoms with E-state index in [1.54, 1.807) is 12.0 Å². The van der Waals surface area contributed by atoms with Crippen molar-refractivity contribution in [1.29, 1.82) is 0 Å². The van der Waals surface area contributed by atoms with E-state index in [9.17, 15) is 9.59 Å². The van der Waals surface area contributed by atoms with Crippen molar-refractivity contribution >= 4 is 11.8 Å². The lowest BCUT2D eigenvalue weighted by Crippen LogP contribution is -2.49. The van der Waals surface area contributed by atoms with Crippen LogP contribution in [0.4, 0.5) is 0 Å². The minimum Gasteiger partial charge on any atom is -0.497 e. The molecule has 1 N–H and O–H groups in total. The molecule has 0 fully saturated rings. The van der Waals surface area contributed by atoms with Gasteiger partial charge in [-0.15, -0.1) is 0 Å². The van der Waals surface area contributed by atoms with E-state index in [1.165, 1.54) is 0 Å². The largest absolute Gasteiger partial charge is 0.497 e. The Morgan fingerprint density at radius 2 is 1.83 bits per heavy atom. The maximum Gasteiger partial charge on any atom is 0.242 e. The van der Waals surface area contributed by atoms with E-state index in [4.69, 9.17) is 4.74 Å². The van der Waals surface area contributed by atoms with Gasteiger partial charge in [-0.2, -0.15) is 0 Å². The summed E-state index contributed by atoms with van der Waals surface area (Å²) >= 11 is 0. The average molecular weight is 320 g/mol. The lowest BCUT2D eigenvalue weighted by molar-refractivity contribution is -0.141. The molecule has 0 heterocycles. The second-order valence-corrected chi connectivity index (χ2v) is 5.44. The fourth-order valence-electron chi connectivity index (χ4n) is 2.42. The summed E-state index contributed by atoms with van der Waals surface area (Å²) in [6, 6.07) is 7.14. The van der Waals surface area contributed by atoms with Crippen molar-refractivity contribution < 1.29 is 14.3 Å². The predicted molar refractivity (Wildman–Crippen MR) is 91.2 cm³/mol. The van der Waals surface area contributed by atoms with Gasteiger partial charge in [-0.3, -0.25) is 9.59 Å². The second-order valence-electron chi connectivity index (χ2n) is 5.44. The molecule has 1 aromatic carbocycles. The molecule has 0 aliphatic carbocycles. The van der Waals surface area contributed by atoms with Gasteiger partial charge in [-0.1, -0.05) is 32.9 Å². The molecule has 0 saturated carbocycles. The van der Waals surface area contributed by atoms with Crippen LogP contribution >= 0.6 is 0 Å². The van der Waals surface area contributed by atoms with Crippen molar-refractivity contribution in [3.8, 4) is 5.75 Å². The first-order valence-corrected chi connectivity index (χ1v) is 8.27. The quantitative estimate of drug-likeness (QED) is 0.761. The third-order valence-electron chi connectivity index (χ3n) is 3.75. The number of hydrogen-bond donors (Lipinski definition) is 1. The minimum atomic E-state index is -0.434. The zero-order valence-electron chi connectivity index (χ0n) is 14.6. The van der Waals surface area contributed by atoms with Crippen LogP contribution in [0.5, 0.6) is 5.75 Å². The van der Waals surface area contributed by atoms with Gasteiger partial charge in [0, 0.05) is 19.5 Å². The number of carbonyl (C=O) groups excluding carboxylic acids is 2. The Morgan fingerprint density at radius 1 is 1.17 bits per heavy atom. The summed E-state index contributed by atoms with van der Waals surface area (Å²) in [5.74, 6) is 0.679. The van der Waals surface area contributed by atoms with Crippen molar-refractivity contribution in [3.63, 3.8) is 0 Å². The highest BCUT2D eigenvalue weighted by atomic mass is 16.5. The normalized spacial score (nSPS) is 11.7. The van der Waals surface area contributed by atoms with Gasteiger partial charge < -0.3 is 15.0 Å². The van der Waals surface area contributed by atoms with Crippen LogP contribution in [-0.2, 0) is 16.1 Å². The monoisotopic (exact) mass is 320 g/mol. The maximum atomic E-state index is 12.4. The van der Waals surface area contributed by atoms with E-state index < -0.39 is 6.04 Å². The Morgan fingerprint density at radius 3 is 2.30 bits per heavy atom. The molecule has 0 spiro atoms. The molecule has 1 aromatic rings. The van der Waals surface area contributed by atoms with Crippen LogP contribution in [0.1, 0.15) is 45.6 Å². The molecule has 2 amide bonds. The topological polar surface area (TPSA) is 58.6 Å². The van der Waals surface area contributed by atoms with Gasteiger partial charge in [0.15, 0.2) is 0 Å². The third-order valence-corrected chi connectivity index (χ3v) is 3.75. The van der Waals surface area contributed by atoms with Crippen molar-refractivity contribution in [2.75, 3.05) is 13.7 Å². The van der Waals surface area contributed by atoms with Crippen LogP contribution < -0.4 is 10.1 Å². The Bertz CT molecular complexity index is 499. The highest BCUT2D eigenvalue weighted by molar-refractivity contribution is 5.87. The summed E-state index contributed by atoms with van der Waals surface area (Å²) in [4.78, 5) is 26.4. The fourth-order valence-corrected chi connectivity index (χ4v) is 2.42. The molecule has 1 atom stereocenters. The van der Waals surface area contributed by atoms with Crippen LogP contribution in [0, 0.1) is 0 Å². The number of hydrogen-bond acceptors (Lipinski definition) is 3. The zero-order valence-corrected chi connectivity index (χ0v) is 14.6. The Balaban J connectivity index is 2.92. The summed E-state index contributed by atoms with van der Waals surface area (Å²) in [7, 11) is 1.62. The van der Waals surface area contributed by atoms with E-state index in [1.807, 2.05) is 45.0 Å². The molecule has 23 heavy (non-hydrogen) atoms. The maximum absolute atomic E-state index is 12.4. The van der Waals surface area contributed by atoms with Gasteiger partial charge in [0.1, 0.15) is 11.8 Å². The first-order valence-electron chi connectivity index (χ1n) is 8.27. The van der Waals surface area contributed by atoms with E-state index in [-0.39, 0.29) is 11.8 Å². The number of carbonyl (C=O) groups is 2. The summed E-state index contributed by atoms with van der Waals surface area (Å²) in [6.07, 6.45) is 1.85. The molecular formula is C18H28N2O3. The number of rotatable bonds is 9. The molecule has 5 nitrogen and oxygen atoms in total. The van der Waals surface area contributed by atoms with Crippen molar-refractivity contribution in [3.05, 3.63) is 29.8 Å². The van der Waals surface area contributed by atoms with E-state index in [0.29, 0.717) is 25.9 Å². The summed E-state index contributed by atoms with van der Waals surface area (Å²) < 4.78 is 5.15. The first kappa shape index (κ1) is 19.0. The van der Waals surface area contributed by atoms with Crippen LogP contribution in [0.3, 0.4) is 0 Å². The number of nitrogens with one attached hydrogen (secondary N) is 1. The SMILES string of the molecule is CCCNC(=O)[C@@H](CC)N(Cc1ccc(OC)cc1)C(=O)CC. The average Bonchev–Trinajstić information content (AvgIpc) is 2.59. The van der Waals surface area contributed by atoms with Gasteiger partial charge in [-0.25, -0.2) is 0 Å². The molecule has 128 valence electrons. The summed E-state index contributed by atoms with van der Waals surface area (Å²) in [6.45, 7) is 6.81. The van der Waals surface area contributed by atoms with Crippen LogP contribution in [0.15, 0.2) is 24.3 Å². The van der Waals surface area contributed by atoms with Crippen molar-refractivity contribution in [2.45, 2.75) is 52.6 Å². The molecular weight excluding hydrogens is 292 g/mol. The third kappa shape index (κ3) is 5.58. The summed E-state index contributed by atoms with van der Waals surface area (Å²) in [5, 5.41) is 2.89. The van der Waals surface area contributed by atoms with Crippen molar-refractivity contribution in [2.24, 2.45) is 0 Å².